The molecule has 0 atom stereocenters. The van der Waals surface area contributed by atoms with Crippen molar-refractivity contribution in [2.24, 2.45) is 0 Å². The number of anilines is 1. The van der Waals surface area contributed by atoms with Crippen LogP contribution < -0.4 is 5.32 Å². The molecular weight excluding hydrogens is 306 g/mol. The second-order valence-electron chi connectivity index (χ2n) is 4.22. The van der Waals surface area contributed by atoms with E-state index in [1.807, 2.05) is 31.2 Å². The topological polar surface area (TPSA) is 55.1 Å². The van der Waals surface area contributed by atoms with E-state index in [0.717, 1.165) is 28.3 Å². The maximum atomic E-state index is 4.44. The lowest BCUT2D eigenvalue weighted by Crippen LogP contribution is -2.04. The molecule has 3 aromatic rings. The summed E-state index contributed by atoms with van der Waals surface area (Å²) in [6, 6.07) is 12.0. The van der Waals surface area contributed by atoms with Gasteiger partial charge in [0.2, 0.25) is 0 Å². The molecule has 1 N–H and O–H groups in total. The molecular formula is C13H12BrN5. The van der Waals surface area contributed by atoms with Gasteiger partial charge in [-0.15, -0.1) is 15.3 Å². The van der Waals surface area contributed by atoms with Crippen LogP contribution in [0.4, 0.5) is 5.82 Å². The van der Waals surface area contributed by atoms with Gasteiger partial charge in [0, 0.05) is 11.0 Å². The summed E-state index contributed by atoms with van der Waals surface area (Å²) < 4.78 is 2.81. The average molecular weight is 318 g/mol. The van der Waals surface area contributed by atoms with Crippen molar-refractivity contribution in [1.82, 2.24) is 19.8 Å². The molecule has 0 saturated carbocycles. The number of aromatic nitrogens is 4. The Morgan fingerprint density at radius 3 is 2.68 bits per heavy atom. The molecule has 96 valence electrons. The van der Waals surface area contributed by atoms with Crippen molar-refractivity contribution in [3.63, 3.8) is 0 Å². The fourth-order valence-electron chi connectivity index (χ4n) is 1.79. The first-order valence-electron chi connectivity index (χ1n) is 5.90. The zero-order valence-corrected chi connectivity index (χ0v) is 11.9. The third-order valence-electron chi connectivity index (χ3n) is 2.81. The van der Waals surface area contributed by atoms with E-state index < -0.39 is 0 Å². The summed E-state index contributed by atoms with van der Waals surface area (Å²) in [5, 5.41) is 15.7. The van der Waals surface area contributed by atoms with Crippen molar-refractivity contribution in [1.29, 1.82) is 0 Å². The molecule has 5 nitrogen and oxygen atoms in total. The molecule has 0 aliphatic heterocycles. The third kappa shape index (κ3) is 2.58. The van der Waals surface area contributed by atoms with Gasteiger partial charge in [0.15, 0.2) is 11.5 Å². The van der Waals surface area contributed by atoms with Crippen LogP contribution in [0.1, 0.15) is 11.4 Å². The van der Waals surface area contributed by atoms with Crippen LogP contribution in [-0.4, -0.2) is 19.8 Å². The SMILES string of the molecule is Cc1nnc2ccc(NCc3ccc(Br)cc3)nn12. The number of nitrogens with one attached hydrogen (secondary N) is 1. The Bertz CT molecular complexity index is 705. The average Bonchev–Trinajstić information content (AvgIpc) is 2.80. The first kappa shape index (κ1) is 12.1. The lowest BCUT2D eigenvalue weighted by atomic mass is 10.2. The summed E-state index contributed by atoms with van der Waals surface area (Å²) in [4.78, 5) is 0. The molecule has 19 heavy (non-hydrogen) atoms. The van der Waals surface area contributed by atoms with Gasteiger partial charge < -0.3 is 5.32 Å². The van der Waals surface area contributed by atoms with E-state index in [2.05, 4.69) is 48.7 Å². The van der Waals surface area contributed by atoms with Crippen LogP contribution in [0, 0.1) is 6.92 Å². The molecule has 1 aromatic carbocycles. The number of hydrogen-bond acceptors (Lipinski definition) is 4. The number of halogens is 1. The Morgan fingerprint density at radius 2 is 1.89 bits per heavy atom. The second-order valence-corrected chi connectivity index (χ2v) is 5.13. The molecule has 0 unspecified atom stereocenters. The number of nitrogens with zero attached hydrogens (tertiary/aromatic N) is 4. The van der Waals surface area contributed by atoms with Crippen molar-refractivity contribution < 1.29 is 0 Å². The Morgan fingerprint density at radius 1 is 1.11 bits per heavy atom. The van der Waals surface area contributed by atoms with Gasteiger partial charge in [0.25, 0.3) is 0 Å². The number of rotatable bonds is 3. The highest BCUT2D eigenvalue weighted by Gasteiger charge is 2.03. The van der Waals surface area contributed by atoms with Gasteiger partial charge in [0.1, 0.15) is 5.82 Å². The third-order valence-corrected chi connectivity index (χ3v) is 3.33. The summed E-state index contributed by atoms with van der Waals surface area (Å²) in [5.74, 6) is 1.58. The summed E-state index contributed by atoms with van der Waals surface area (Å²) in [6.45, 7) is 2.61. The predicted octanol–water partition coefficient (Wildman–Crippen LogP) is 2.81. The summed E-state index contributed by atoms with van der Waals surface area (Å²) in [6.07, 6.45) is 0. The van der Waals surface area contributed by atoms with Gasteiger partial charge in [-0.1, -0.05) is 28.1 Å². The number of hydrogen-bond donors (Lipinski definition) is 1. The van der Waals surface area contributed by atoms with Crippen molar-refractivity contribution in [2.75, 3.05) is 5.32 Å². The number of aryl methyl sites for hydroxylation is 1. The van der Waals surface area contributed by atoms with E-state index in [1.165, 1.54) is 5.56 Å². The first-order chi connectivity index (χ1) is 9.22. The van der Waals surface area contributed by atoms with Crippen molar-refractivity contribution in [3.05, 3.63) is 52.3 Å². The van der Waals surface area contributed by atoms with Crippen molar-refractivity contribution in [2.45, 2.75) is 13.5 Å². The lowest BCUT2D eigenvalue weighted by Gasteiger charge is -2.06. The van der Waals surface area contributed by atoms with Crippen LogP contribution >= 0.6 is 15.9 Å². The molecule has 0 aliphatic carbocycles. The van der Waals surface area contributed by atoms with Gasteiger partial charge >= 0.3 is 0 Å². The van der Waals surface area contributed by atoms with E-state index in [0.29, 0.717) is 0 Å². The van der Waals surface area contributed by atoms with Gasteiger partial charge in [-0.05, 0) is 36.8 Å². The van der Waals surface area contributed by atoms with Gasteiger partial charge in [-0.25, -0.2) is 0 Å². The van der Waals surface area contributed by atoms with Crippen LogP contribution in [0.25, 0.3) is 5.65 Å². The highest BCUT2D eigenvalue weighted by atomic mass is 79.9. The molecule has 6 heteroatoms. The maximum Gasteiger partial charge on any atom is 0.178 e. The summed E-state index contributed by atoms with van der Waals surface area (Å²) in [7, 11) is 0. The van der Waals surface area contributed by atoms with Crippen LogP contribution in [-0.2, 0) is 6.54 Å². The zero-order chi connectivity index (χ0) is 13.2. The standard InChI is InChI=1S/C13H12BrN5/c1-9-16-17-13-7-6-12(18-19(9)13)15-8-10-2-4-11(14)5-3-10/h2-7H,8H2,1H3,(H,15,18). The van der Waals surface area contributed by atoms with E-state index in [-0.39, 0.29) is 0 Å². The summed E-state index contributed by atoms with van der Waals surface area (Å²) >= 11 is 3.42. The van der Waals surface area contributed by atoms with Crippen LogP contribution in [0.5, 0.6) is 0 Å². The minimum atomic E-state index is 0.729. The van der Waals surface area contributed by atoms with Crippen LogP contribution in [0.3, 0.4) is 0 Å². The van der Waals surface area contributed by atoms with Gasteiger partial charge in [-0.3, -0.25) is 0 Å². The molecule has 0 spiro atoms. The number of fused-ring (bicyclic) bond motifs is 1. The van der Waals surface area contributed by atoms with Crippen LogP contribution in [0.15, 0.2) is 40.9 Å². The highest BCUT2D eigenvalue weighted by molar-refractivity contribution is 9.10. The van der Waals surface area contributed by atoms with Gasteiger partial charge in [-0.2, -0.15) is 4.52 Å². The predicted molar refractivity (Wildman–Crippen MR) is 77.0 cm³/mol. The van der Waals surface area contributed by atoms with E-state index in [1.54, 1.807) is 4.52 Å². The lowest BCUT2D eigenvalue weighted by molar-refractivity contribution is 0.871. The molecule has 0 saturated heterocycles. The van der Waals surface area contributed by atoms with Crippen molar-refractivity contribution >= 4 is 27.4 Å². The molecule has 0 fully saturated rings. The molecule has 3 rings (SSSR count). The van der Waals surface area contributed by atoms with E-state index >= 15 is 0 Å². The quantitative estimate of drug-likeness (QED) is 0.807. The molecule has 0 aliphatic rings. The molecule has 0 bridgehead atoms. The van der Waals surface area contributed by atoms with Crippen molar-refractivity contribution in [3.8, 4) is 0 Å². The fourth-order valence-corrected chi connectivity index (χ4v) is 2.05. The largest absolute Gasteiger partial charge is 0.365 e. The Labute approximate surface area is 118 Å². The molecule has 0 amide bonds. The number of benzene rings is 1. The molecule has 0 radical (unpaired) electrons. The Kier molecular flexibility index (Phi) is 3.16. The Balaban J connectivity index is 1.77. The normalized spacial score (nSPS) is 10.8. The van der Waals surface area contributed by atoms with E-state index in [4.69, 9.17) is 0 Å². The van der Waals surface area contributed by atoms with Gasteiger partial charge in [0.05, 0.1) is 0 Å². The second kappa shape index (κ2) is 4.97. The zero-order valence-electron chi connectivity index (χ0n) is 10.3. The molecule has 2 aromatic heterocycles. The fraction of sp³-hybridized carbons (Fsp3) is 0.154. The van der Waals surface area contributed by atoms with Crippen LogP contribution in [0.2, 0.25) is 0 Å². The minimum absolute atomic E-state index is 0.729. The minimum Gasteiger partial charge on any atom is -0.365 e. The Hall–Kier alpha value is -1.95. The van der Waals surface area contributed by atoms with E-state index in [9.17, 15) is 0 Å². The molecule has 2 heterocycles. The maximum absolute atomic E-state index is 4.44. The smallest absolute Gasteiger partial charge is 0.178 e. The highest BCUT2D eigenvalue weighted by Crippen LogP contribution is 2.12. The monoisotopic (exact) mass is 317 g/mol. The first-order valence-corrected chi connectivity index (χ1v) is 6.69. The summed E-state index contributed by atoms with van der Waals surface area (Å²) in [5.41, 5.74) is 1.96.